The first-order chi connectivity index (χ1) is 14.7. The van der Waals surface area contributed by atoms with Gasteiger partial charge in [-0.05, 0) is 49.7 Å². The molecule has 0 N–H and O–H groups in total. The zero-order valence-corrected chi connectivity index (χ0v) is 19.7. The summed E-state index contributed by atoms with van der Waals surface area (Å²) in [5, 5.41) is 8.23. The lowest BCUT2D eigenvalue weighted by molar-refractivity contribution is -0.145. The molecular weight excluding hydrogens is 486 g/mol. The summed E-state index contributed by atoms with van der Waals surface area (Å²) in [5.74, 6) is 0.552. The molecule has 0 saturated heterocycles. The van der Waals surface area contributed by atoms with Gasteiger partial charge in [-0.25, -0.2) is 13.2 Å². The lowest BCUT2D eigenvalue weighted by Crippen LogP contribution is -2.15. The molecule has 0 fully saturated rings. The fourth-order valence-corrected chi connectivity index (χ4v) is 4.56. The van der Waals surface area contributed by atoms with E-state index in [2.05, 4.69) is 26.1 Å². The number of benzene rings is 2. The van der Waals surface area contributed by atoms with Gasteiger partial charge in [-0.1, -0.05) is 28.1 Å². The van der Waals surface area contributed by atoms with Crippen LogP contribution in [0.2, 0.25) is 0 Å². The first kappa shape index (κ1) is 23.0. The molecule has 8 nitrogen and oxygen atoms in total. The number of sulfone groups is 1. The Bertz CT molecular complexity index is 1190. The van der Waals surface area contributed by atoms with E-state index in [0.29, 0.717) is 23.0 Å². The van der Waals surface area contributed by atoms with Crippen molar-refractivity contribution < 1.29 is 22.7 Å². The van der Waals surface area contributed by atoms with Crippen molar-refractivity contribution in [3.8, 4) is 17.1 Å². The SMILES string of the molecule is CCOC(=O)COc1ccc(S(=O)(=O)Cc2nnc(-c3ccc(Br)cc3)n2C)cc1C. The van der Waals surface area contributed by atoms with Gasteiger partial charge in [-0.2, -0.15) is 0 Å². The topological polar surface area (TPSA) is 100 Å². The predicted molar refractivity (Wildman–Crippen MR) is 118 cm³/mol. The van der Waals surface area contributed by atoms with E-state index in [4.69, 9.17) is 9.47 Å². The first-order valence-corrected chi connectivity index (χ1v) is 11.9. The number of ether oxygens (including phenoxy) is 2. The van der Waals surface area contributed by atoms with Crippen molar-refractivity contribution >= 4 is 31.7 Å². The molecule has 164 valence electrons. The fourth-order valence-electron chi connectivity index (χ4n) is 2.91. The van der Waals surface area contributed by atoms with Gasteiger partial charge in [0, 0.05) is 17.1 Å². The van der Waals surface area contributed by atoms with Gasteiger partial charge in [-0.15, -0.1) is 10.2 Å². The van der Waals surface area contributed by atoms with Gasteiger partial charge in [0.05, 0.1) is 11.5 Å². The quantitative estimate of drug-likeness (QED) is 0.430. The van der Waals surface area contributed by atoms with Crippen molar-refractivity contribution in [1.82, 2.24) is 14.8 Å². The van der Waals surface area contributed by atoms with Crippen molar-refractivity contribution in [1.29, 1.82) is 0 Å². The minimum atomic E-state index is -3.67. The molecule has 3 aromatic rings. The highest BCUT2D eigenvalue weighted by atomic mass is 79.9. The molecule has 2 aromatic carbocycles. The van der Waals surface area contributed by atoms with Crippen LogP contribution in [0.5, 0.6) is 5.75 Å². The molecule has 0 spiro atoms. The number of halogens is 1. The Kier molecular flexibility index (Phi) is 7.11. The summed E-state index contributed by atoms with van der Waals surface area (Å²) in [6, 6.07) is 12.0. The highest BCUT2D eigenvalue weighted by Crippen LogP contribution is 2.25. The van der Waals surface area contributed by atoms with Crippen LogP contribution in [0.4, 0.5) is 0 Å². The van der Waals surface area contributed by atoms with Gasteiger partial charge in [-0.3, -0.25) is 0 Å². The second-order valence-electron chi connectivity index (χ2n) is 6.79. The lowest BCUT2D eigenvalue weighted by atomic mass is 10.2. The smallest absolute Gasteiger partial charge is 0.344 e. The van der Waals surface area contributed by atoms with Gasteiger partial charge in [0.15, 0.2) is 22.3 Å². The maximum Gasteiger partial charge on any atom is 0.344 e. The summed E-state index contributed by atoms with van der Waals surface area (Å²) in [7, 11) is -1.93. The van der Waals surface area contributed by atoms with Gasteiger partial charge < -0.3 is 14.0 Å². The third-order valence-corrected chi connectivity index (χ3v) is 6.68. The Balaban J connectivity index is 1.77. The van der Waals surface area contributed by atoms with Crippen LogP contribution < -0.4 is 4.74 Å². The molecule has 1 aromatic heterocycles. The highest BCUT2D eigenvalue weighted by molar-refractivity contribution is 9.10. The molecule has 1 heterocycles. The summed E-state index contributed by atoms with van der Waals surface area (Å²) in [6.45, 7) is 3.46. The molecule has 10 heteroatoms. The number of aryl methyl sites for hydroxylation is 1. The highest BCUT2D eigenvalue weighted by Gasteiger charge is 2.21. The molecule has 0 unspecified atom stereocenters. The minimum absolute atomic E-state index is 0.140. The van der Waals surface area contributed by atoms with Crippen LogP contribution in [0.3, 0.4) is 0 Å². The number of carbonyl (C=O) groups is 1. The summed E-state index contributed by atoms with van der Waals surface area (Å²) < 4.78 is 38.8. The van der Waals surface area contributed by atoms with E-state index in [1.807, 2.05) is 24.3 Å². The van der Waals surface area contributed by atoms with Crippen LogP contribution in [0.1, 0.15) is 18.3 Å². The zero-order valence-electron chi connectivity index (χ0n) is 17.3. The normalized spacial score (nSPS) is 11.4. The number of esters is 1. The second kappa shape index (κ2) is 9.61. The molecule has 31 heavy (non-hydrogen) atoms. The summed E-state index contributed by atoms with van der Waals surface area (Å²) >= 11 is 3.39. The molecule has 0 radical (unpaired) electrons. The van der Waals surface area contributed by atoms with Gasteiger partial charge in [0.2, 0.25) is 0 Å². The fraction of sp³-hybridized carbons (Fsp3) is 0.286. The molecular formula is C21H22BrN3O5S. The van der Waals surface area contributed by atoms with Crippen LogP contribution in [0.25, 0.3) is 11.4 Å². The molecule has 0 atom stereocenters. The minimum Gasteiger partial charge on any atom is -0.482 e. The van der Waals surface area contributed by atoms with E-state index in [9.17, 15) is 13.2 Å². The number of hydrogen-bond donors (Lipinski definition) is 0. The molecule has 0 aliphatic heterocycles. The third kappa shape index (κ3) is 5.50. The largest absolute Gasteiger partial charge is 0.482 e. The van der Waals surface area contributed by atoms with E-state index in [1.54, 1.807) is 25.5 Å². The number of hydrogen-bond acceptors (Lipinski definition) is 7. The summed E-state index contributed by atoms with van der Waals surface area (Å²) in [6.07, 6.45) is 0. The van der Waals surface area contributed by atoms with Crippen molar-refractivity contribution in [2.24, 2.45) is 7.05 Å². The van der Waals surface area contributed by atoms with E-state index in [-0.39, 0.29) is 23.9 Å². The summed E-state index contributed by atoms with van der Waals surface area (Å²) in [5.41, 5.74) is 1.43. The number of nitrogens with zero attached hydrogens (tertiary/aromatic N) is 3. The molecule has 0 bridgehead atoms. The van der Waals surface area contributed by atoms with Crippen molar-refractivity contribution in [3.63, 3.8) is 0 Å². The standard InChI is InChI=1S/C21H22BrN3O5S/c1-4-29-20(26)12-30-18-10-9-17(11-14(18)2)31(27,28)13-19-23-24-21(25(19)3)15-5-7-16(22)8-6-15/h5-11H,4,12-13H2,1-3H3. The molecule has 0 saturated carbocycles. The first-order valence-electron chi connectivity index (χ1n) is 9.47. The number of carbonyl (C=O) groups excluding carboxylic acids is 1. The maximum absolute atomic E-state index is 13.0. The maximum atomic E-state index is 13.0. The van der Waals surface area contributed by atoms with Crippen LogP contribution in [0, 0.1) is 6.92 Å². The number of aromatic nitrogens is 3. The van der Waals surface area contributed by atoms with Crippen LogP contribution in [-0.2, 0) is 32.2 Å². The van der Waals surface area contributed by atoms with Gasteiger partial charge >= 0.3 is 5.97 Å². The van der Waals surface area contributed by atoms with E-state index >= 15 is 0 Å². The Labute approximate surface area is 189 Å². The molecule has 3 rings (SSSR count). The zero-order chi connectivity index (χ0) is 22.6. The Hall–Kier alpha value is -2.72. The van der Waals surface area contributed by atoms with E-state index in [1.165, 1.54) is 18.2 Å². The third-order valence-electron chi connectivity index (χ3n) is 4.54. The predicted octanol–water partition coefficient (Wildman–Crippen LogP) is 3.47. The monoisotopic (exact) mass is 507 g/mol. The molecule has 0 amide bonds. The lowest BCUT2D eigenvalue weighted by Gasteiger charge is -2.11. The Morgan fingerprint density at radius 3 is 2.48 bits per heavy atom. The van der Waals surface area contributed by atoms with E-state index in [0.717, 1.165) is 10.0 Å². The molecule has 0 aliphatic carbocycles. The average Bonchev–Trinajstić information content (AvgIpc) is 3.07. The Morgan fingerprint density at radius 1 is 1.13 bits per heavy atom. The second-order valence-corrected chi connectivity index (χ2v) is 9.69. The van der Waals surface area contributed by atoms with Crippen molar-refractivity contribution in [2.45, 2.75) is 24.5 Å². The van der Waals surface area contributed by atoms with Crippen LogP contribution in [0.15, 0.2) is 51.8 Å². The number of rotatable bonds is 8. The summed E-state index contributed by atoms with van der Waals surface area (Å²) in [4.78, 5) is 11.6. The van der Waals surface area contributed by atoms with Crippen molar-refractivity contribution in [3.05, 3.63) is 58.3 Å². The van der Waals surface area contributed by atoms with Crippen molar-refractivity contribution in [2.75, 3.05) is 13.2 Å². The van der Waals surface area contributed by atoms with Gasteiger partial charge in [0.25, 0.3) is 0 Å². The van der Waals surface area contributed by atoms with Gasteiger partial charge in [0.1, 0.15) is 17.3 Å². The molecule has 0 aliphatic rings. The van der Waals surface area contributed by atoms with Crippen LogP contribution >= 0.6 is 15.9 Å². The Morgan fingerprint density at radius 2 is 1.84 bits per heavy atom. The van der Waals surface area contributed by atoms with Crippen LogP contribution in [-0.4, -0.2) is 42.4 Å². The average molecular weight is 508 g/mol. The van der Waals surface area contributed by atoms with E-state index < -0.39 is 15.8 Å².